The van der Waals surface area contributed by atoms with Gasteiger partial charge in [0.05, 0.1) is 53.5 Å². The molecule has 73 heavy (non-hydrogen) atoms. The zero-order chi connectivity index (χ0) is 52.8. The summed E-state index contributed by atoms with van der Waals surface area (Å²) >= 11 is 0. The van der Waals surface area contributed by atoms with Crippen LogP contribution >= 0.6 is 0 Å². The third-order valence-corrected chi connectivity index (χ3v) is 15.4. The van der Waals surface area contributed by atoms with Crippen LogP contribution in [0.5, 0.6) is 17.2 Å². The third kappa shape index (κ3) is 10.6. The predicted octanol–water partition coefficient (Wildman–Crippen LogP) is 5.66. The second-order valence-electron chi connectivity index (χ2n) is 21.4. The number of ketones is 1. The van der Waals surface area contributed by atoms with E-state index < -0.39 is 82.9 Å². The molecule has 3 aromatic carbocycles. The predicted molar refractivity (Wildman–Crippen MR) is 272 cm³/mol. The molecule has 17 nitrogen and oxygen atoms in total. The third-order valence-electron chi connectivity index (χ3n) is 15.4. The van der Waals surface area contributed by atoms with Crippen LogP contribution in [-0.2, 0) is 23.8 Å². The molecule has 9 rings (SSSR count). The zero-order valence-corrected chi connectivity index (χ0v) is 43.4. The molecule has 3 aromatic rings. The minimum absolute atomic E-state index is 0.0196. The summed E-state index contributed by atoms with van der Waals surface area (Å²) in [5.41, 5.74) is 0.107. The Bertz CT molecular complexity index is 2840. The number of esters is 1. The van der Waals surface area contributed by atoms with Gasteiger partial charge >= 0.3 is 11.8 Å². The molecule has 6 heterocycles. The number of carbonyl (C=O) groups is 3. The van der Waals surface area contributed by atoms with E-state index in [0.717, 1.165) is 12.2 Å². The van der Waals surface area contributed by atoms with Crippen LogP contribution in [0.15, 0.2) is 70.4 Å². The number of aliphatic hydroxyl groups excluding tert-OH is 2. The number of nitrogens with zero attached hydrogens (tertiary/aromatic N) is 4. The Hall–Kier alpha value is -5.92. The molecular weight excluding hydrogens is 940 g/mol. The fraction of sp³-hybridized carbons (Fsp3) is 0.545. The van der Waals surface area contributed by atoms with E-state index in [1.54, 1.807) is 78.0 Å². The largest absolute Gasteiger partial charge is 0.507 e. The Morgan fingerprint density at radius 2 is 1.60 bits per heavy atom. The van der Waals surface area contributed by atoms with E-state index in [0.29, 0.717) is 44.9 Å². The van der Waals surface area contributed by atoms with E-state index >= 15 is 0 Å². The Kier molecular flexibility index (Phi) is 15.5. The smallest absolute Gasteiger partial charge is 0.320 e. The number of phenols is 2. The lowest BCUT2D eigenvalue weighted by Crippen LogP contribution is -2.56. The minimum atomic E-state index is -2.00. The number of benzene rings is 3. The van der Waals surface area contributed by atoms with Gasteiger partial charge in [0.2, 0.25) is 0 Å². The maximum absolute atomic E-state index is 14.9. The number of hydrogen-bond donors (Lipinski definition) is 6. The number of piperidine rings is 1. The molecule has 1 spiro atoms. The minimum Gasteiger partial charge on any atom is -0.507 e. The van der Waals surface area contributed by atoms with Crippen LogP contribution in [0.25, 0.3) is 10.8 Å². The van der Waals surface area contributed by atoms with Gasteiger partial charge in [-0.3, -0.25) is 29.3 Å². The first-order chi connectivity index (χ1) is 34.5. The normalized spacial score (nSPS) is 30.6. The monoisotopic (exact) mass is 1010 g/mol. The van der Waals surface area contributed by atoms with Crippen LogP contribution < -0.4 is 26.1 Å². The van der Waals surface area contributed by atoms with Crippen molar-refractivity contribution >= 4 is 39.8 Å². The molecule has 0 aliphatic carbocycles. The number of aliphatic hydroxyl groups is 2. The van der Waals surface area contributed by atoms with Gasteiger partial charge in [-0.15, -0.1) is 0 Å². The molecule has 6 aliphatic rings. The number of likely N-dealkylation sites (tertiary alicyclic amines) is 2. The number of hydrogen-bond acceptors (Lipinski definition) is 16. The van der Waals surface area contributed by atoms with Gasteiger partial charge in [0, 0.05) is 105 Å². The number of Topliss-reactive ketones (excluding diaryl/α,β-unsaturated/α-hetero) is 1. The van der Waals surface area contributed by atoms with E-state index in [1.807, 2.05) is 4.90 Å². The van der Waals surface area contributed by atoms with Crippen molar-refractivity contribution in [1.82, 2.24) is 9.80 Å². The molecule has 0 unspecified atom stereocenters. The highest BCUT2D eigenvalue weighted by molar-refractivity contribution is 6.19. The summed E-state index contributed by atoms with van der Waals surface area (Å²) in [5.74, 6) is -7.15. The molecule has 18 heteroatoms. The summed E-state index contributed by atoms with van der Waals surface area (Å²) in [5, 5.41) is 54.4. The standard InChI is InChI=1S/C55H71FN6O11/c1-28(2)24-61-21-19-55(20-22-61)59-43-40-41-48(66)34(8)51-42(40)52(68)54(9,73-51)71-23-18-38(70-10)31(5)50(72-39(63)27-62-25-37(26-62)57-36-16-14-35(56)15-17-36)33(7)47(65)32(6)46(64)29(3)12-11-13-30(4)53(69)58-45(49(41)67)44(43)60-55/h11-18,23,28-29,31-33,37-38,46-47,50,57,64-67H,19-22,24-27H2,1-10H3,(H,58,69)/b12-11+,23-18+,30-13-/t29-,31+,32+,33+,38-,46-,47+,50+,54-/m0/s1. The van der Waals surface area contributed by atoms with E-state index in [1.165, 1.54) is 32.4 Å². The Labute approximate surface area is 425 Å². The van der Waals surface area contributed by atoms with Crippen LogP contribution in [0.3, 0.4) is 0 Å². The number of nitrogens with one attached hydrogen (secondary N) is 2. The van der Waals surface area contributed by atoms with E-state index in [9.17, 15) is 39.2 Å². The maximum Gasteiger partial charge on any atom is 0.320 e. The molecule has 5 bridgehead atoms. The lowest BCUT2D eigenvalue weighted by Gasteiger charge is -2.41. The average Bonchev–Trinajstić information content (AvgIpc) is 3.84. The molecule has 2 saturated heterocycles. The molecule has 1 amide bonds. The first kappa shape index (κ1) is 53.4. The van der Waals surface area contributed by atoms with Crippen molar-refractivity contribution in [2.24, 2.45) is 39.6 Å². The van der Waals surface area contributed by atoms with Crippen molar-refractivity contribution in [2.75, 3.05) is 57.0 Å². The number of amides is 1. The molecule has 2 fully saturated rings. The highest BCUT2D eigenvalue weighted by Crippen LogP contribution is 2.50. The lowest BCUT2D eigenvalue weighted by atomic mass is 9.78. The summed E-state index contributed by atoms with van der Waals surface area (Å²) in [6.45, 7) is 19.2. The Morgan fingerprint density at radius 3 is 2.26 bits per heavy atom. The Morgan fingerprint density at radius 1 is 0.932 bits per heavy atom. The SMILES string of the molecule is CO[C@H]1/C=C/O[C@@]2(C)Oc3c(C)c(O)c4c(O)c(c5c(c4c3C2=O)=NC2(CCN(CC(C)C)CC2)N=5)NC(=O)/C(C)=C\C=C\[C@H](C)[C@H](O)[C@@H](C)[C@@H](O)[C@@H](C)[C@H](OC(=O)CN2CC(Nc3ccc(F)cc3)C2)[C@@H]1C. The van der Waals surface area contributed by atoms with Crippen molar-refractivity contribution in [1.29, 1.82) is 0 Å². The first-order valence-electron chi connectivity index (χ1n) is 25.4. The zero-order valence-electron chi connectivity index (χ0n) is 43.4. The molecular formula is C55H71FN6O11. The molecule has 0 radical (unpaired) electrons. The second kappa shape index (κ2) is 21.1. The van der Waals surface area contributed by atoms with Gasteiger partial charge in [-0.1, -0.05) is 59.8 Å². The molecule has 6 aliphatic heterocycles. The van der Waals surface area contributed by atoms with E-state index in [-0.39, 0.29) is 73.8 Å². The van der Waals surface area contributed by atoms with E-state index in [2.05, 4.69) is 29.4 Å². The number of fused-ring (bicyclic) bond motifs is 13. The quantitative estimate of drug-likeness (QED) is 0.118. The van der Waals surface area contributed by atoms with Crippen LogP contribution in [0, 0.1) is 42.3 Å². The Balaban J connectivity index is 1.15. The molecule has 0 aromatic heterocycles. The molecule has 6 N–H and O–H groups in total. The van der Waals surface area contributed by atoms with Gasteiger partial charge < -0.3 is 54.9 Å². The summed E-state index contributed by atoms with van der Waals surface area (Å²) in [4.78, 5) is 57.4. The number of ether oxygens (including phenoxy) is 4. The van der Waals surface area contributed by atoms with Gasteiger partial charge in [-0.25, -0.2) is 4.39 Å². The summed E-state index contributed by atoms with van der Waals surface area (Å²) in [7, 11) is 1.47. The lowest BCUT2D eigenvalue weighted by molar-refractivity contribution is -0.165. The molecule has 0 saturated carbocycles. The number of phenolic OH excluding ortho intramolecular Hbond substituents is 2. The second-order valence-corrected chi connectivity index (χ2v) is 21.4. The number of halogens is 1. The van der Waals surface area contributed by atoms with Gasteiger partial charge in [-0.05, 0) is 50.1 Å². The topological polar surface area (TPSA) is 224 Å². The molecule has 394 valence electrons. The van der Waals surface area contributed by atoms with Crippen LogP contribution in [0.1, 0.15) is 84.2 Å². The number of aromatic hydroxyl groups is 2. The van der Waals surface area contributed by atoms with Crippen molar-refractivity contribution in [2.45, 2.75) is 117 Å². The van der Waals surface area contributed by atoms with Crippen molar-refractivity contribution in [3.05, 3.63) is 88.1 Å². The number of carbonyl (C=O) groups excluding carboxylic acids is 3. The van der Waals surface area contributed by atoms with Gasteiger partial charge in [0.15, 0.2) is 11.4 Å². The first-order valence-corrected chi connectivity index (χ1v) is 25.4. The van der Waals surface area contributed by atoms with Crippen LogP contribution in [-0.4, -0.2) is 136 Å². The summed E-state index contributed by atoms with van der Waals surface area (Å²) in [6, 6.07) is 6.09. The average molecular weight is 1010 g/mol. The van der Waals surface area contributed by atoms with Gasteiger partial charge in [0.25, 0.3) is 11.7 Å². The van der Waals surface area contributed by atoms with Crippen LogP contribution in [0.2, 0.25) is 0 Å². The van der Waals surface area contributed by atoms with Gasteiger partial charge in [0.1, 0.15) is 34.5 Å². The molecule has 9 atom stereocenters. The van der Waals surface area contributed by atoms with E-state index in [4.69, 9.17) is 28.9 Å². The number of anilines is 2. The van der Waals surface area contributed by atoms with Gasteiger partial charge in [-0.2, -0.15) is 0 Å². The number of rotatable bonds is 8. The fourth-order valence-electron chi connectivity index (χ4n) is 11.0. The number of methoxy groups -OCH3 is 1. The van der Waals surface area contributed by atoms with Crippen molar-refractivity contribution in [3.63, 3.8) is 0 Å². The van der Waals surface area contributed by atoms with Crippen molar-refractivity contribution in [3.8, 4) is 17.2 Å². The highest BCUT2D eigenvalue weighted by Gasteiger charge is 2.50. The maximum atomic E-state index is 14.9. The highest BCUT2D eigenvalue weighted by atomic mass is 19.1. The van der Waals surface area contributed by atoms with Crippen molar-refractivity contribution < 1.29 is 58.1 Å². The summed E-state index contributed by atoms with van der Waals surface area (Å²) in [6.07, 6.45) is 4.73. The number of allylic oxidation sites excluding steroid dienone is 2. The summed E-state index contributed by atoms with van der Waals surface area (Å²) < 4.78 is 38.3. The fourth-order valence-corrected chi connectivity index (χ4v) is 11.0. The van der Waals surface area contributed by atoms with Crippen LogP contribution in [0.4, 0.5) is 15.8 Å².